The number of methoxy groups -OCH3 is 2. The first-order valence-electron chi connectivity index (χ1n) is 10.4. The Bertz CT molecular complexity index is 1350. The van der Waals surface area contributed by atoms with E-state index in [-0.39, 0.29) is 12.1 Å². The third-order valence-electron chi connectivity index (χ3n) is 5.49. The number of halogens is 3. The van der Waals surface area contributed by atoms with E-state index in [0.29, 0.717) is 11.5 Å². The van der Waals surface area contributed by atoms with Crippen LogP contribution in [-0.4, -0.2) is 25.1 Å². The van der Waals surface area contributed by atoms with Gasteiger partial charge in [-0.15, -0.1) is 0 Å². The summed E-state index contributed by atoms with van der Waals surface area (Å²) < 4.78 is 49.6. The number of carbonyl (C=O) groups excluding carboxylic acids is 1. The average Bonchev–Trinajstić information content (AvgIpc) is 2.86. The SMILES string of the molecule is COc1ccc(-c2ccc(CNC(=O)c3cccc(C(F)(F)F)c3)c3cnccc23)cc1OC. The lowest BCUT2D eigenvalue weighted by Gasteiger charge is -2.14. The molecule has 0 saturated heterocycles. The molecule has 0 fully saturated rings. The molecule has 5 nitrogen and oxygen atoms in total. The predicted octanol–water partition coefficient (Wildman–Crippen LogP) is 5.87. The van der Waals surface area contributed by atoms with Crippen molar-refractivity contribution in [3.63, 3.8) is 0 Å². The molecule has 0 aliphatic heterocycles. The van der Waals surface area contributed by atoms with Gasteiger partial charge >= 0.3 is 6.18 Å². The summed E-state index contributed by atoms with van der Waals surface area (Å²) in [5.41, 5.74) is 1.71. The number of pyridine rings is 1. The Morgan fingerprint density at radius 2 is 1.74 bits per heavy atom. The summed E-state index contributed by atoms with van der Waals surface area (Å²) in [6.45, 7) is 0.128. The maximum Gasteiger partial charge on any atom is 0.416 e. The van der Waals surface area contributed by atoms with Gasteiger partial charge in [0.25, 0.3) is 5.91 Å². The largest absolute Gasteiger partial charge is 0.493 e. The highest BCUT2D eigenvalue weighted by atomic mass is 19.4. The average molecular weight is 466 g/mol. The zero-order valence-electron chi connectivity index (χ0n) is 18.4. The highest BCUT2D eigenvalue weighted by Gasteiger charge is 2.30. The Hall–Kier alpha value is -4.07. The number of nitrogens with zero attached hydrogens (tertiary/aromatic N) is 1. The second-order valence-electron chi connectivity index (χ2n) is 7.52. The van der Waals surface area contributed by atoms with Gasteiger partial charge in [-0.1, -0.05) is 24.3 Å². The molecule has 0 aliphatic carbocycles. The van der Waals surface area contributed by atoms with Crippen LogP contribution in [0.5, 0.6) is 11.5 Å². The van der Waals surface area contributed by atoms with Gasteiger partial charge in [0, 0.05) is 29.9 Å². The van der Waals surface area contributed by atoms with E-state index in [4.69, 9.17) is 9.47 Å². The molecule has 0 aliphatic rings. The van der Waals surface area contributed by atoms with E-state index in [9.17, 15) is 18.0 Å². The van der Waals surface area contributed by atoms with Crippen LogP contribution >= 0.6 is 0 Å². The van der Waals surface area contributed by atoms with Gasteiger partial charge in [-0.2, -0.15) is 13.2 Å². The van der Waals surface area contributed by atoms with Gasteiger partial charge < -0.3 is 14.8 Å². The molecule has 1 heterocycles. The summed E-state index contributed by atoms with van der Waals surface area (Å²) in [5, 5.41) is 4.44. The van der Waals surface area contributed by atoms with Crippen molar-refractivity contribution in [2.45, 2.75) is 12.7 Å². The molecular formula is C26H21F3N2O3. The zero-order valence-corrected chi connectivity index (χ0v) is 18.4. The van der Waals surface area contributed by atoms with Gasteiger partial charge in [-0.05, 0) is 58.5 Å². The number of rotatable bonds is 6. The van der Waals surface area contributed by atoms with Gasteiger partial charge in [0.2, 0.25) is 0 Å². The van der Waals surface area contributed by atoms with Crippen LogP contribution in [0.3, 0.4) is 0 Å². The number of amides is 1. The standard InChI is InChI=1S/C26H21F3N2O3/c1-33-23-9-7-16(13-24(23)34-2)20-8-6-18(22-15-30-11-10-21(20)22)14-31-25(32)17-4-3-5-19(12-17)26(27,28)29/h3-13,15H,14H2,1-2H3,(H,31,32). The van der Waals surface area contributed by atoms with Crippen molar-refractivity contribution in [2.75, 3.05) is 14.2 Å². The van der Waals surface area contributed by atoms with E-state index in [1.54, 1.807) is 26.6 Å². The number of carbonyl (C=O) groups is 1. The molecule has 34 heavy (non-hydrogen) atoms. The van der Waals surface area contributed by atoms with Gasteiger partial charge in [-0.25, -0.2) is 0 Å². The minimum atomic E-state index is -4.52. The summed E-state index contributed by atoms with van der Waals surface area (Å²) >= 11 is 0. The van der Waals surface area contributed by atoms with Crippen LogP contribution in [0.25, 0.3) is 21.9 Å². The minimum Gasteiger partial charge on any atom is -0.493 e. The number of alkyl halides is 3. The molecule has 4 rings (SSSR count). The number of nitrogens with one attached hydrogen (secondary N) is 1. The van der Waals surface area contributed by atoms with Crippen LogP contribution < -0.4 is 14.8 Å². The first-order valence-corrected chi connectivity index (χ1v) is 10.4. The summed E-state index contributed by atoms with van der Waals surface area (Å²) in [7, 11) is 3.14. The Morgan fingerprint density at radius 1 is 0.941 bits per heavy atom. The number of hydrogen-bond donors (Lipinski definition) is 1. The molecule has 174 valence electrons. The molecule has 4 aromatic rings. The maximum atomic E-state index is 13.0. The van der Waals surface area contributed by atoms with Gasteiger partial charge in [0.1, 0.15) is 0 Å². The highest BCUT2D eigenvalue weighted by Crippen LogP contribution is 2.36. The third-order valence-corrected chi connectivity index (χ3v) is 5.49. The van der Waals surface area contributed by atoms with E-state index in [1.165, 1.54) is 12.1 Å². The van der Waals surface area contributed by atoms with Crippen molar-refractivity contribution >= 4 is 16.7 Å². The van der Waals surface area contributed by atoms with Gasteiger partial charge in [0.05, 0.1) is 19.8 Å². The van der Waals surface area contributed by atoms with Gasteiger partial charge in [-0.3, -0.25) is 9.78 Å². The monoisotopic (exact) mass is 466 g/mol. The van der Waals surface area contributed by atoms with Crippen LogP contribution in [0.15, 0.2) is 73.1 Å². The normalized spacial score (nSPS) is 11.3. The second kappa shape index (κ2) is 9.43. The molecular weight excluding hydrogens is 445 g/mol. The van der Waals surface area contributed by atoms with Crippen molar-refractivity contribution in [3.05, 3.63) is 89.7 Å². The molecule has 0 unspecified atom stereocenters. The lowest BCUT2D eigenvalue weighted by molar-refractivity contribution is -0.137. The zero-order chi connectivity index (χ0) is 24.3. The topological polar surface area (TPSA) is 60.5 Å². The smallest absolute Gasteiger partial charge is 0.416 e. The Balaban J connectivity index is 1.63. The fraction of sp³-hybridized carbons (Fsp3) is 0.154. The molecule has 0 saturated carbocycles. The van der Waals surface area contributed by atoms with Crippen LogP contribution in [0, 0.1) is 0 Å². The van der Waals surface area contributed by atoms with Crippen molar-refractivity contribution in [1.82, 2.24) is 10.3 Å². The number of ether oxygens (including phenoxy) is 2. The van der Waals surface area contributed by atoms with E-state index < -0.39 is 17.6 Å². The third kappa shape index (κ3) is 4.66. The van der Waals surface area contributed by atoms with E-state index in [1.807, 2.05) is 36.4 Å². The quantitative estimate of drug-likeness (QED) is 0.386. The summed E-state index contributed by atoms with van der Waals surface area (Å²) in [5.74, 6) is 0.623. The fourth-order valence-corrected chi connectivity index (χ4v) is 3.77. The minimum absolute atomic E-state index is 0.0563. The van der Waals surface area contributed by atoms with Crippen LogP contribution in [0.1, 0.15) is 21.5 Å². The van der Waals surface area contributed by atoms with Crippen molar-refractivity contribution < 1.29 is 27.4 Å². The Kier molecular flexibility index (Phi) is 6.40. The molecule has 8 heteroatoms. The summed E-state index contributed by atoms with van der Waals surface area (Å²) in [4.78, 5) is 16.7. The van der Waals surface area contributed by atoms with Crippen LogP contribution in [-0.2, 0) is 12.7 Å². The molecule has 0 radical (unpaired) electrons. The highest BCUT2D eigenvalue weighted by molar-refractivity contribution is 5.99. The fourth-order valence-electron chi connectivity index (χ4n) is 3.77. The van der Waals surface area contributed by atoms with Crippen molar-refractivity contribution in [3.8, 4) is 22.6 Å². The second-order valence-corrected chi connectivity index (χ2v) is 7.52. The molecule has 3 aromatic carbocycles. The molecule has 0 spiro atoms. The molecule has 1 amide bonds. The number of benzene rings is 3. The number of fused-ring (bicyclic) bond motifs is 1. The number of hydrogen-bond acceptors (Lipinski definition) is 4. The van der Waals surface area contributed by atoms with E-state index in [0.717, 1.165) is 39.6 Å². The lowest BCUT2D eigenvalue weighted by atomic mass is 9.96. The molecule has 0 atom stereocenters. The Morgan fingerprint density at radius 3 is 2.47 bits per heavy atom. The summed E-state index contributed by atoms with van der Waals surface area (Å²) in [6.07, 6.45) is -1.14. The van der Waals surface area contributed by atoms with Crippen LogP contribution in [0.2, 0.25) is 0 Å². The van der Waals surface area contributed by atoms with Crippen molar-refractivity contribution in [2.24, 2.45) is 0 Å². The lowest BCUT2D eigenvalue weighted by Crippen LogP contribution is -2.23. The van der Waals surface area contributed by atoms with Crippen LogP contribution in [0.4, 0.5) is 13.2 Å². The predicted molar refractivity (Wildman–Crippen MR) is 123 cm³/mol. The summed E-state index contributed by atoms with van der Waals surface area (Å²) in [6, 6.07) is 15.6. The van der Waals surface area contributed by atoms with Crippen molar-refractivity contribution in [1.29, 1.82) is 0 Å². The first kappa shape index (κ1) is 23.1. The van der Waals surface area contributed by atoms with E-state index in [2.05, 4.69) is 10.3 Å². The molecule has 1 aromatic heterocycles. The maximum absolute atomic E-state index is 13.0. The molecule has 1 N–H and O–H groups in total. The molecule has 0 bridgehead atoms. The van der Waals surface area contributed by atoms with E-state index >= 15 is 0 Å². The number of aromatic nitrogens is 1. The Labute approximate surface area is 194 Å². The first-order chi connectivity index (χ1) is 16.3. The van der Waals surface area contributed by atoms with Gasteiger partial charge in [0.15, 0.2) is 11.5 Å².